The van der Waals surface area contributed by atoms with Gasteiger partial charge in [0.15, 0.2) is 0 Å². The average molecular weight is 457 g/mol. The Morgan fingerprint density at radius 1 is 1.25 bits per heavy atom. The number of carbonyl (C=O) groups excluding carboxylic acids is 3. The van der Waals surface area contributed by atoms with Crippen LogP contribution in [0.3, 0.4) is 0 Å². The van der Waals surface area contributed by atoms with Crippen molar-refractivity contribution in [2.45, 2.75) is 57.8 Å². The predicted molar refractivity (Wildman–Crippen MR) is 121 cm³/mol. The number of aliphatic hydroxyl groups is 1. The summed E-state index contributed by atoms with van der Waals surface area (Å²) in [6.45, 7) is 3.78. The predicted octanol–water partition coefficient (Wildman–Crippen LogP) is 1.61. The van der Waals surface area contributed by atoms with Crippen molar-refractivity contribution < 1.29 is 19.5 Å². The Kier molecular flexibility index (Phi) is 6.57. The highest BCUT2D eigenvalue weighted by Gasteiger charge is 2.45. The van der Waals surface area contributed by atoms with Crippen LogP contribution in [0.5, 0.6) is 0 Å². The van der Waals surface area contributed by atoms with Gasteiger partial charge in [-0.3, -0.25) is 14.4 Å². The van der Waals surface area contributed by atoms with Gasteiger partial charge in [-0.15, -0.1) is 11.3 Å². The van der Waals surface area contributed by atoms with Crippen LogP contribution < -0.4 is 10.6 Å². The molecule has 2 aliphatic rings. The molecule has 32 heavy (non-hydrogen) atoms. The summed E-state index contributed by atoms with van der Waals surface area (Å²) in [6.07, 6.45) is 1.19. The van der Waals surface area contributed by atoms with E-state index in [1.807, 2.05) is 36.7 Å². The van der Waals surface area contributed by atoms with Gasteiger partial charge in [0.2, 0.25) is 17.7 Å². The van der Waals surface area contributed by atoms with Crippen molar-refractivity contribution in [3.05, 3.63) is 41.0 Å². The Hall–Kier alpha value is -2.78. The molecule has 3 N–H and O–H groups in total. The lowest BCUT2D eigenvalue weighted by molar-refractivity contribution is -0.141. The zero-order valence-electron chi connectivity index (χ0n) is 18.2. The third kappa shape index (κ3) is 4.99. The Labute approximate surface area is 191 Å². The van der Waals surface area contributed by atoms with Crippen molar-refractivity contribution in [1.29, 1.82) is 0 Å². The van der Waals surface area contributed by atoms with Gasteiger partial charge in [0.25, 0.3) is 0 Å². The van der Waals surface area contributed by atoms with E-state index < -0.39 is 18.2 Å². The lowest BCUT2D eigenvalue weighted by Crippen LogP contribution is -2.54. The Bertz CT molecular complexity index is 1000. The molecule has 1 saturated carbocycles. The molecule has 0 bridgehead atoms. The number of likely N-dealkylation sites (tertiary alicyclic amines) is 1. The average Bonchev–Trinajstić information content (AvgIpc) is 3.40. The topological polar surface area (TPSA) is 112 Å². The van der Waals surface area contributed by atoms with Gasteiger partial charge in [0, 0.05) is 26.4 Å². The van der Waals surface area contributed by atoms with E-state index in [-0.39, 0.29) is 36.6 Å². The summed E-state index contributed by atoms with van der Waals surface area (Å²) >= 11 is 1.59. The standard InChI is InChI=1S/C23H28N4O4S/c1-13-21(32-12-25-13)17-5-3-15(4-6-17)10-24-22(30)19-9-18(29)11-27(19)23(31)20(16-7-8-16)26-14(2)28/h3-6,12,16,18-20,29H,7-11H2,1-2H3,(H,24,30)(H,26,28)/t18-,19+,20+/m1/s1. The summed E-state index contributed by atoms with van der Waals surface area (Å²) in [5.41, 5.74) is 4.83. The minimum atomic E-state index is -0.756. The first-order valence-corrected chi connectivity index (χ1v) is 11.7. The van der Waals surface area contributed by atoms with Gasteiger partial charge in [-0.05, 0) is 36.8 Å². The molecule has 4 rings (SSSR count). The van der Waals surface area contributed by atoms with Crippen molar-refractivity contribution >= 4 is 29.1 Å². The van der Waals surface area contributed by atoms with Crippen LogP contribution in [0.4, 0.5) is 0 Å². The first-order chi connectivity index (χ1) is 15.3. The SMILES string of the molecule is CC(=O)N[C@H](C(=O)N1C[C@H](O)C[C@H]1C(=O)NCc1ccc(-c2scnc2C)cc1)C1CC1. The van der Waals surface area contributed by atoms with Gasteiger partial charge in [0.05, 0.1) is 22.2 Å². The number of amides is 3. The van der Waals surface area contributed by atoms with Crippen LogP contribution in [0.25, 0.3) is 10.4 Å². The van der Waals surface area contributed by atoms with E-state index in [0.29, 0.717) is 6.54 Å². The second-order valence-electron chi connectivity index (χ2n) is 8.59. The number of rotatable bonds is 7. The number of aryl methyl sites for hydroxylation is 1. The molecule has 1 saturated heterocycles. The third-order valence-electron chi connectivity index (χ3n) is 6.01. The largest absolute Gasteiger partial charge is 0.391 e. The minimum absolute atomic E-state index is 0.0998. The van der Waals surface area contributed by atoms with Gasteiger partial charge in [-0.2, -0.15) is 0 Å². The van der Waals surface area contributed by atoms with E-state index in [1.165, 1.54) is 11.8 Å². The summed E-state index contributed by atoms with van der Waals surface area (Å²) in [4.78, 5) is 44.4. The quantitative estimate of drug-likeness (QED) is 0.586. The van der Waals surface area contributed by atoms with E-state index in [0.717, 1.165) is 34.5 Å². The smallest absolute Gasteiger partial charge is 0.246 e. The van der Waals surface area contributed by atoms with Crippen LogP contribution in [-0.2, 0) is 20.9 Å². The molecule has 8 nitrogen and oxygen atoms in total. The van der Waals surface area contributed by atoms with Gasteiger partial charge in [0.1, 0.15) is 12.1 Å². The summed E-state index contributed by atoms with van der Waals surface area (Å²) < 4.78 is 0. The molecule has 1 aromatic carbocycles. The molecule has 9 heteroatoms. The molecule has 0 unspecified atom stereocenters. The number of aliphatic hydroxyl groups excluding tert-OH is 1. The van der Waals surface area contributed by atoms with E-state index in [1.54, 1.807) is 11.3 Å². The molecule has 1 aliphatic carbocycles. The fourth-order valence-corrected chi connectivity index (χ4v) is 4.99. The van der Waals surface area contributed by atoms with Crippen LogP contribution in [0.2, 0.25) is 0 Å². The third-order valence-corrected chi connectivity index (χ3v) is 6.99. The summed E-state index contributed by atoms with van der Waals surface area (Å²) in [6, 6.07) is 6.56. The number of benzene rings is 1. The van der Waals surface area contributed by atoms with Crippen molar-refractivity contribution in [2.75, 3.05) is 6.54 Å². The van der Waals surface area contributed by atoms with Crippen LogP contribution in [0.15, 0.2) is 29.8 Å². The maximum atomic E-state index is 13.1. The van der Waals surface area contributed by atoms with Crippen molar-refractivity contribution in [2.24, 2.45) is 5.92 Å². The monoisotopic (exact) mass is 456 g/mol. The molecule has 0 radical (unpaired) electrons. The second-order valence-corrected chi connectivity index (χ2v) is 9.45. The number of carbonyl (C=O) groups is 3. The van der Waals surface area contributed by atoms with Crippen LogP contribution in [-0.4, -0.2) is 57.4 Å². The van der Waals surface area contributed by atoms with Crippen LogP contribution >= 0.6 is 11.3 Å². The second kappa shape index (κ2) is 9.38. The maximum Gasteiger partial charge on any atom is 0.246 e. The molecule has 2 fully saturated rings. The number of nitrogens with zero attached hydrogens (tertiary/aromatic N) is 2. The number of aromatic nitrogens is 1. The van der Waals surface area contributed by atoms with Gasteiger partial charge < -0.3 is 20.6 Å². The van der Waals surface area contributed by atoms with E-state index >= 15 is 0 Å². The molecule has 2 aromatic rings. The first-order valence-electron chi connectivity index (χ1n) is 10.9. The van der Waals surface area contributed by atoms with E-state index in [2.05, 4.69) is 15.6 Å². The van der Waals surface area contributed by atoms with E-state index in [9.17, 15) is 19.5 Å². The van der Waals surface area contributed by atoms with Crippen molar-refractivity contribution in [1.82, 2.24) is 20.5 Å². The lowest BCUT2D eigenvalue weighted by atomic mass is 10.1. The molecule has 3 atom stereocenters. The first kappa shape index (κ1) is 22.4. The lowest BCUT2D eigenvalue weighted by Gasteiger charge is -2.28. The minimum Gasteiger partial charge on any atom is -0.391 e. The highest BCUT2D eigenvalue weighted by molar-refractivity contribution is 7.13. The molecular weight excluding hydrogens is 428 g/mol. The van der Waals surface area contributed by atoms with Gasteiger partial charge >= 0.3 is 0 Å². The van der Waals surface area contributed by atoms with Gasteiger partial charge in [-0.1, -0.05) is 24.3 Å². The fraction of sp³-hybridized carbons (Fsp3) is 0.478. The Balaban J connectivity index is 1.39. The molecule has 0 spiro atoms. The summed E-state index contributed by atoms with van der Waals surface area (Å²) in [5, 5.41) is 15.8. The fourth-order valence-electron chi connectivity index (χ4n) is 4.17. The number of hydrogen-bond donors (Lipinski definition) is 3. The van der Waals surface area contributed by atoms with Crippen molar-refractivity contribution in [3.63, 3.8) is 0 Å². The number of nitrogens with one attached hydrogen (secondary N) is 2. The van der Waals surface area contributed by atoms with Crippen molar-refractivity contribution in [3.8, 4) is 10.4 Å². The highest BCUT2D eigenvalue weighted by atomic mass is 32.1. The summed E-state index contributed by atoms with van der Waals surface area (Å²) in [7, 11) is 0. The molecule has 1 aromatic heterocycles. The molecule has 170 valence electrons. The molecule has 3 amide bonds. The molecular formula is C23H28N4O4S. The highest BCUT2D eigenvalue weighted by Crippen LogP contribution is 2.34. The molecule has 2 heterocycles. The summed E-state index contributed by atoms with van der Waals surface area (Å²) in [5.74, 6) is -0.750. The van der Waals surface area contributed by atoms with Crippen LogP contribution in [0, 0.1) is 12.8 Å². The zero-order chi connectivity index (χ0) is 22.8. The normalized spacial score (nSPS) is 21.3. The number of hydrogen-bond acceptors (Lipinski definition) is 6. The number of β-amino-alcohol motifs (C(OH)–C–C–N with tert-alkyl or cyclic N) is 1. The Morgan fingerprint density at radius 2 is 1.97 bits per heavy atom. The Morgan fingerprint density at radius 3 is 2.56 bits per heavy atom. The maximum absolute atomic E-state index is 13.1. The number of thiazole rings is 1. The van der Waals surface area contributed by atoms with Gasteiger partial charge in [-0.25, -0.2) is 4.98 Å². The molecule has 1 aliphatic heterocycles. The van der Waals surface area contributed by atoms with E-state index in [4.69, 9.17) is 0 Å². The van der Waals surface area contributed by atoms with Crippen LogP contribution in [0.1, 0.15) is 37.4 Å². The zero-order valence-corrected chi connectivity index (χ0v) is 19.0.